The first-order valence-electron chi connectivity index (χ1n) is 3.48. The number of halogens is 1. The van der Waals surface area contributed by atoms with E-state index in [0.717, 1.165) is 0 Å². The highest BCUT2D eigenvalue weighted by molar-refractivity contribution is 6.27. The van der Waals surface area contributed by atoms with Gasteiger partial charge in [0.15, 0.2) is 0 Å². The van der Waals surface area contributed by atoms with Gasteiger partial charge in [-0.1, -0.05) is 0 Å². The van der Waals surface area contributed by atoms with Crippen LogP contribution in [0.5, 0.6) is 0 Å². The first-order valence-corrected chi connectivity index (χ1v) is 3.85. The summed E-state index contributed by atoms with van der Waals surface area (Å²) in [7, 11) is 0. The van der Waals surface area contributed by atoms with Crippen molar-refractivity contribution in [3.8, 4) is 0 Å². The maximum Gasteiger partial charge on any atom is 0.311 e. The zero-order valence-corrected chi connectivity index (χ0v) is 7.30. The lowest BCUT2D eigenvalue weighted by Gasteiger charge is -1.96. The van der Waals surface area contributed by atoms with E-state index in [1.165, 1.54) is 6.26 Å². The molecule has 0 atom stereocenters. The molecule has 66 valence electrons. The molecule has 0 radical (unpaired) electrons. The Morgan fingerprint density at radius 2 is 2.58 bits per heavy atom. The van der Waals surface area contributed by atoms with Crippen LogP contribution in [0.3, 0.4) is 0 Å². The molecule has 0 aliphatic heterocycles. The van der Waals surface area contributed by atoms with E-state index >= 15 is 0 Å². The van der Waals surface area contributed by atoms with E-state index < -0.39 is 0 Å². The van der Waals surface area contributed by atoms with Crippen LogP contribution in [-0.2, 0) is 16.0 Å². The largest absolute Gasteiger partial charge is 0.466 e. The van der Waals surface area contributed by atoms with E-state index in [2.05, 4.69) is 4.98 Å². The molecule has 1 rings (SSSR count). The van der Waals surface area contributed by atoms with Crippen molar-refractivity contribution < 1.29 is 13.9 Å². The molecule has 0 aliphatic carbocycles. The van der Waals surface area contributed by atoms with Gasteiger partial charge in [-0.2, -0.15) is 0 Å². The molecule has 0 spiro atoms. The molecule has 1 aromatic heterocycles. The van der Waals surface area contributed by atoms with Crippen molar-refractivity contribution in [3.63, 3.8) is 0 Å². The van der Waals surface area contributed by atoms with Gasteiger partial charge in [-0.15, -0.1) is 0 Å². The molecule has 0 amide bonds. The smallest absolute Gasteiger partial charge is 0.311 e. The molecular weight excluding hydrogens is 182 g/mol. The predicted molar refractivity (Wildman–Crippen MR) is 41.9 cm³/mol. The van der Waals surface area contributed by atoms with Crippen LogP contribution in [0.25, 0.3) is 0 Å². The normalized spacial score (nSPS) is 9.83. The fourth-order valence-corrected chi connectivity index (χ4v) is 0.876. The number of hydrogen-bond donors (Lipinski definition) is 0. The fraction of sp³-hybridized carbons (Fsp3) is 0.429. The summed E-state index contributed by atoms with van der Waals surface area (Å²) in [6, 6.07) is 0. The second-order valence-corrected chi connectivity index (χ2v) is 2.40. The van der Waals surface area contributed by atoms with Crippen molar-refractivity contribution in [2.24, 2.45) is 0 Å². The van der Waals surface area contributed by atoms with Crippen LogP contribution in [-0.4, -0.2) is 17.6 Å². The van der Waals surface area contributed by atoms with Crippen LogP contribution in [0.15, 0.2) is 10.7 Å². The molecule has 0 N–H and O–H groups in total. The maximum atomic E-state index is 10.9. The molecule has 1 heterocycles. The number of rotatable bonds is 3. The monoisotopic (exact) mass is 189 g/mol. The lowest BCUT2D eigenvalue weighted by Crippen LogP contribution is -2.07. The zero-order valence-electron chi connectivity index (χ0n) is 6.54. The molecule has 0 aliphatic rings. The summed E-state index contributed by atoms with van der Waals surface area (Å²) in [6.45, 7) is 2.11. The SMILES string of the molecule is CCOC(=O)Cc1coc(Cl)n1. The summed E-state index contributed by atoms with van der Waals surface area (Å²) in [4.78, 5) is 14.6. The summed E-state index contributed by atoms with van der Waals surface area (Å²) in [6.07, 6.45) is 1.43. The molecule has 5 heteroatoms. The second kappa shape index (κ2) is 4.11. The number of oxazole rings is 1. The van der Waals surface area contributed by atoms with Gasteiger partial charge in [-0.05, 0) is 18.5 Å². The molecule has 1 aromatic rings. The van der Waals surface area contributed by atoms with Gasteiger partial charge in [0.1, 0.15) is 6.26 Å². The van der Waals surface area contributed by atoms with Gasteiger partial charge in [0.2, 0.25) is 0 Å². The van der Waals surface area contributed by atoms with Crippen LogP contribution >= 0.6 is 11.6 Å². The quantitative estimate of drug-likeness (QED) is 0.675. The molecular formula is C7H8ClNO3. The van der Waals surface area contributed by atoms with Crippen molar-refractivity contribution >= 4 is 17.6 Å². The van der Waals surface area contributed by atoms with E-state index in [1.807, 2.05) is 0 Å². The van der Waals surface area contributed by atoms with E-state index in [1.54, 1.807) is 6.92 Å². The zero-order chi connectivity index (χ0) is 8.97. The van der Waals surface area contributed by atoms with E-state index in [9.17, 15) is 4.79 Å². The first-order chi connectivity index (χ1) is 5.72. The van der Waals surface area contributed by atoms with Crippen molar-refractivity contribution in [2.75, 3.05) is 6.61 Å². The Kier molecular flexibility index (Phi) is 3.10. The van der Waals surface area contributed by atoms with E-state index in [-0.39, 0.29) is 17.7 Å². The Balaban J connectivity index is 2.46. The number of esters is 1. The minimum Gasteiger partial charge on any atom is -0.466 e. The summed E-state index contributed by atoms with van der Waals surface area (Å²) < 4.78 is 9.38. The fourth-order valence-electron chi connectivity index (χ4n) is 0.723. The standard InChI is InChI=1S/C7H8ClNO3/c1-2-11-6(10)3-5-4-12-7(8)9-5/h4H,2-3H2,1H3. The van der Waals surface area contributed by atoms with Gasteiger partial charge in [0, 0.05) is 0 Å². The number of ether oxygens (including phenoxy) is 1. The number of hydrogen-bond acceptors (Lipinski definition) is 4. The summed E-state index contributed by atoms with van der Waals surface area (Å²) >= 11 is 5.39. The van der Waals surface area contributed by atoms with Crippen molar-refractivity contribution in [1.29, 1.82) is 0 Å². The topological polar surface area (TPSA) is 52.3 Å². The summed E-state index contributed by atoms with van der Waals surface area (Å²) in [5.41, 5.74) is 0.485. The first kappa shape index (κ1) is 9.06. The van der Waals surface area contributed by atoms with Crippen LogP contribution < -0.4 is 0 Å². The second-order valence-electron chi connectivity index (χ2n) is 2.07. The van der Waals surface area contributed by atoms with E-state index in [4.69, 9.17) is 20.8 Å². The van der Waals surface area contributed by atoms with Crippen LogP contribution in [0.1, 0.15) is 12.6 Å². The molecule has 0 saturated heterocycles. The third-order valence-corrected chi connectivity index (χ3v) is 1.33. The average molecular weight is 190 g/mol. The number of aromatic nitrogens is 1. The molecule has 0 saturated carbocycles. The third kappa shape index (κ3) is 2.54. The Morgan fingerprint density at radius 1 is 1.83 bits per heavy atom. The highest BCUT2D eigenvalue weighted by Gasteiger charge is 2.07. The Bertz CT molecular complexity index is 271. The third-order valence-electron chi connectivity index (χ3n) is 1.15. The number of nitrogens with zero attached hydrogens (tertiary/aromatic N) is 1. The van der Waals surface area contributed by atoms with Crippen molar-refractivity contribution in [3.05, 3.63) is 17.3 Å². The highest BCUT2D eigenvalue weighted by atomic mass is 35.5. The number of carbonyl (C=O) groups is 1. The van der Waals surface area contributed by atoms with Crippen LogP contribution in [0.2, 0.25) is 5.35 Å². The van der Waals surface area contributed by atoms with Gasteiger partial charge in [-0.3, -0.25) is 4.79 Å². The van der Waals surface area contributed by atoms with Gasteiger partial charge < -0.3 is 9.15 Å². The van der Waals surface area contributed by atoms with Gasteiger partial charge in [-0.25, -0.2) is 4.98 Å². The Hall–Kier alpha value is -1.03. The molecule has 0 unspecified atom stereocenters. The van der Waals surface area contributed by atoms with Crippen LogP contribution in [0, 0.1) is 0 Å². The Morgan fingerprint density at radius 3 is 3.08 bits per heavy atom. The number of carbonyl (C=O) groups excluding carboxylic acids is 1. The average Bonchev–Trinajstić information content (AvgIpc) is 2.36. The maximum absolute atomic E-state index is 10.9. The van der Waals surface area contributed by atoms with Crippen LogP contribution in [0.4, 0.5) is 0 Å². The molecule has 0 aromatic carbocycles. The lowest BCUT2D eigenvalue weighted by molar-refractivity contribution is -0.142. The van der Waals surface area contributed by atoms with Gasteiger partial charge in [0.05, 0.1) is 18.7 Å². The van der Waals surface area contributed by atoms with Gasteiger partial charge in [0.25, 0.3) is 5.35 Å². The summed E-state index contributed by atoms with van der Waals surface area (Å²) in [5, 5.41) is 0.0364. The molecule has 0 fully saturated rings. The minimum atomic E-state index is -0.331. The minimum absolute atomic E-state index is 0.0364. The molecule has 12 heavy (non-hydrogen) atoms. The Labute approximate surface area is 74.5 Å². The molecule has 4 nitrogen and oxygen atoms in total. The van der Waals surface area contributed by atoms with E-state index in [0.29, 0.717) is 12.3 Å². The summed E-state index contributed by atoms with van der Waals surface area (Å²) in [5.74, 6) is -0.331. The lowest BCUT2D eigenvalue weighted by atomic mass is 10.3. The van der Waals surface area contributed by atoms with Crippen molar-refractivity contribution in [1.82, 2.24) is 4.98 Å². The highest BCUT2D eigenvalue weighted by Crippen LogP contribution is 2.08. The van der Waals surface area contributed by atoms with Crippen molar-refractivity contribution in [2.45, 2.75) is 13.3 Å². The predicted octanol–water partition coefficient (Wildman–Crippen LogP) is 1.43. The molecule has 0 bridgehead atoms. The van der Waals surface area contributed by atoms with Gasteiger partial charge >= 0.3 is 5.97 Å².